The van der Waals surface area contributed by atoms with Crippen LogP contribution < -0.4 is 9.64 Å². The summed E-state index contributed by atoms with van der Waals surface area (Å²) in [6.45, 7) is 9.88. The number of aromatic hydroxyl groups is 1. The Morgan fingerprint density at radius 2 is 2.08 bits per heavy atom. The Bertz CT molecular complexity index is 724. The Labute approximate surface area is 144 Å². The van der Waals surface area contributed by atoms with Crippen LogP contribution in [-0.4, -0.2) is 24.3 Å². The number of fused-ring (bicyclic) bond motifs is 1. The van der Waals surface area contributed by atoms with Crippen LogP contribution in [-0.2, 0) is 6.42 Å². The Morgan fingerprint density at radius 3 is 2.83 bits per heavy atom. The topological polar surface area (TPSA) is 32.7 Å². The highest BCUT2D eigenvalue weighted by Gasteiger charge is 2.26. The minimum atomic E-state index is 0.0548. The van der Waals surface area contributed by atoms with E-state index in [2.05, 4.69) is 49.6 Å². The van der Waals surface area contributed by atoms with Gasteiger partial charge in [0.05, 0.1) is 12.2 Å². The van der Waals surface area contributed by atoms with E-state index in [1.54, 1.807) is 12.1 Å². The van der Waals surface area contributed by atoms with E-state index in [0.29, 0.717) is 5.92 Å². The highest BCUT2D eigenvalue weighted by molar-refractivity contribution is 5.62. The maximum absolute atomic E-state index is 9.78. The highest BCUT2D eigenvalue weighted by atomic mass is 16.5. The third kappa shape index (κ3) is 3.40. The van der Waals surface area contributed by atoms with Crippen LogP contribution in [0.3, 0.4) is 0 Å². The molecule has 3 heteroatoms. The van der Waals surface area contributed by atoms with Crippen molar-refractivity contribution in [3.63, 3.8) is 0 Å². The molecule has 3 rings (SSSR count). The zero-order chi connectivity index (χ0) is 17.1. The average molecular weight is 323 g/mol. The largest absolute Gasteiger partial charge is 0.508 e. The first kappa shape index (κ1) is 16.4. The molecule has 0 radical (unpaired) electrons. The Balaban J connectivity index is 1.87. The molecule has 0 aromatic heterocycles. The first-order valence-electron chi connectivity index (χ1n) is 8.51. The van der Waals surface area contributed by atoms with E-state index in [4.69, 9.17) is 4.74 Å². The number of hydrogen-bond donors (Lipinski definition) is 1. The fraction of sp³-hybridized carbons (Fsp3) is 0.333. The van der Waals surface area contributed by atoms with Gasteiger partial charge in [0.15, 0.2) is 0 Å². The van der Waals surface area contributed by atoms with Crippen LogP contribution in [0.2, 0.25) is 0 Å². The monoisotopic (exact) mass is 323 g/mol. The molecule has 2 aromatic rings. The van der Waals surface area contributed by atoms with Crippen molar-refractivity contribution < 1.29 is 9.84 Å². The van der Waals surface area contributed by atoms with Crippen molar-refractivity contribution >= 4 is 5.69 Å². The Morgan fingerprint density at radius 1 is 1.29 bits per heavy atom. The normalized spacial score (nSPS) is 16.6. The van der Waals surface area contributed by atoms with Crippen LogP contribution in [0.4, 0.5) is 5.69 Å². The third-order valence-corrected chi connectivity index (χ3v) is 4.48. The quantitative estimate of drug-likeness (QED) is 0.822. The van der Waals surface area contributed by atoms with Crippen molar-refractivity contribution in [1.29, 1.82) is 0 Å². The summed E-state index contributed by atoms with van der Waals surface area (Å²) in [6.07, 6.45) is 2.82. The molecule has 0 bridgehead atoms. The summed E-state index contributed by atoms with van der Waals surface area (Å²) < 4.78 is 6.19. The lowest BCUT2D eigenvalue weighted by molar-refractivity contribution is 0.194. The first-order valence-corrected chi connectivity index (χ1v) is 8.51. The molecule has 1 unspecified atom stereocenters. The van der Waals surface area contributed by atoms with Crippen LogP contribution in [0.25, 0.3) is 0 Å². The average Bonchev–Trinajstić information content (AvgIpc) is 2.55. The van der Waals surface area contributed by atoms with Gasteiger partial charge in [0, 0.05) is 19.0 Å². The highest BCUT2D eigenvalue weighted by Crippen LogP contribution is 2.37. The van der Waals surface area contributed by atoms with E-state index in [-0.39, 0.29) is 11.9 Å². The minimum Gasteiger partial charge on any atom is -0.508 e. The van der Waals surface area contributed by atoms with E-state index < -0.39 is 0 Å². The standard InChI is InChI=1S/C21H25NO2/c1-4-11-22-14-18(24-21-13-17(23)9-10-20(21)22)12-16-7-5-6-8-19(16)15(2)3/h4-10,13,15,18,23H,1,11-12,14H2,2-3H3. The predicted octanol–water partition coefficient (Wildman–Crippen LogP) is 4.51. The lowest BCUT2D eigenvalue weighted by Gasteiger charge is -2.36. The lowest BCUT2D eigenvalue weighted by Crippen LogP contribution is -2.41. The van der Waals surface area contributed by atoms with Gasteiger partial charge in [0.2, 0.25) is 0 Å². The molecule has 1 aliphatic rings. The first-order chi connectivity index (χ1) is 11.6. The summed E-state index contributed by atoms with van der Waals surface area (Å²) >= 11 is 0. The van der Waals surface area contributed by atoms with Crippen LogP contribution in [0.15, 0.2) is 55.1 Å². The maximum atomic E-state index is 9.78. The fourth-order valence-corrected chi connectivity index (χ4v) is 3.38. The van der Waals surface area contributed by atoms with E-state index >= 15 is 0 Å². The number of hydrogen-bond acceptors (Lipinski definition) is 3. The van der Waals surface area contributed by atoms with Gasteiger partial charge < -0.3 is 14.7 Å². The molecule has 0 aliphatic carbocycles. The van der Waals surface area contributed by atoms with E-state index in [0.717, 1.165) is 30.9 Å². The number of phenols is 1. The Hall–Kier alpha value is -2.42. The second-order valence-corrected chi connectivity index (χ2v) is 6.64. The number of rotatable bonds is 5. The second kappa shape index (κ2) is 7.00. The SMILES string of the molecule is C=CCN1CC(Cc2ccccc2C(C)C)Oc2cc(O)ccc21. The number of benzene rings is 2. The fourth-order valence-electron chi connectivity index (χ4n) is 3.38. The van der Waals surface area contributed by atoms with Crippen LogP contribution in [0.1, 0.15) is 30.9 Å². The molecule has 0 fully saturated rings. The minimum absolute atomic E-state index is 0.0548. The molecule has 24 heavy (non-hydrogen) atoms. The van der Waals surface area contributed by atoms with Gasteiger partial charge in [0.25, 0.3) is 0 Å². The summed E-state index contributed by atoms with van der Waals surface area (Å²) in [5.74, 6) is 1.47. The van der Waals surface area contributed by atoms with Crippen molar-refractivity contribution in [2.45, 2.75) is 32.3 Å². The lowest BCUT2D eigenvalue weighted by atomic mass is 9.93. The summed E-state index contributed by atoms with van der Waals surface area (Å²) in [5, 5.41) is 9.78. The van der Waals surface area contributed by atoms with Gasteiger partial charge in [-0.05, 0) is 29.2 Å². The molecule has 126 valence electrons. The molecule has 0 saturated heterocycles. The van der Waals surface area contributed by atoms with Crippen molar-refractivity contribution in [1.82, 2.24) is 0 Å². The van der Waals surface area contributed by atoms with Gasteiger partial charge in [-0.2, -0.15) is 0 Å². The number of ether oxygens (including phenoxy) is 1. The number of phenolic OH excluding ortho intramolecular Hbond substituents is 1. The summed E-state index contributed by atoms with van der Waals surface area (Å²) in [7, 11) is 0. The molecule has 1 heterocycles. The van der Waals surface area contributed by atoms with Crippen LogP contribution in [0.5, 0.6) is 11.5 Å². The molecular formula is C21H25NO2. The van der Waals surface area contributed by atoms with Gasteiger partial charge in [-0.3, -0.25) is 0 Å². The van der Waals surface area contributed by atoms with Crippen molar-refractivity contribution in [3.05, 3.63) is 66.2 Å². The van der Waals surface area contributed by atoms with Crippen molar-refractivity contribution in [2.24, 2.45) is 0 Å². The predicted molar refractivity (Wildman–Crippen MR) is 99.2 cm³/mol. The van der Waals surface area contributed by atoms with Crippen molar-refractivity contribution in [3.8, 4) is 11.5 Å². The summed E-state index contributed by atoms with van der Waals surface area (Å²) in [6, 6.07) is 13.9. The smallest absolute Gasteiger partial charge is 0.146 e. The van der Waals surface area contributed by atoms with E-state index in [1.807, 2.05) is 12.1 Å². The molecule has 0 amide bonds. The molecule has 1 N–H and O–H groups in total. The van der Waals surface area contributed by atoms with Gasteiger partial charge in [-0.15, -0.1) is 6.58 Å². The maximum Gasteiger partial charge on any atom is 0.146 e. The number of nitrogens with zero attached hydrogens (tertiary/aromatic N) is 1. The van der Waals surface area contributed by atoms with E-state index in [9.17, 15) is 5.11 Å². The molecule has 0 saturated carbocycles. The van der Waals surface area contributed by atoms with Crippen LogP contribution >= 0.6 is 0 Å². The summed E-state index contributed by atoms with van der Waals surface area (Å²) in [4.78, 5) is 2.26. The Kier molecular flexibility index (Phi) is 4.79. The summed E-state index contributed by atoms with van der Waals surface area (Å²) in [5.41, 5.74) is 3.72. The molecule has 1 aliphatic heterocycles. The van der Waals surface area contributed by atoms with Crippen molar-refractivity contribution in [2.75, 3.05) is 18.0 Å². The molecule has 0 spiro atoms. The number of anilines is 1. The molecule has 1 atom stereocenters. The third-order valence-electron chi connectivity index (χ3n) is 4.48. The van der Waals surface area contributed by atoms with Gasteiger partial charge in [-0.1, -0.05) is 44.2 Å². The zero-order valence-corrected chi connectivity index (χ0v) is 14.4. The van der Waals surface area contributed by atoms with Crippen LogP contribution in [0, 0.1) is 0 Å². The molecule has 2 aromatic carbocycles. The second-order valence-electron chi connectivity index (χ2n) is 6.64. The molecular weight excluding hydrogens is 298 g/mol. The van der Waals surface area contributed by atoms with Gasteiger partial charge in [0.1, 0.15) is 17.6 Å². The van der Waals surface area contributed by atoms with Gasteiger partial charge >= 0.3 is 0 Å². The molecule has 3 nitrogen and oxygen atoms in total. The van der Waals surface area contributed by atoms with Gasteiger partial charge in [-0.25, -0.2) is 0 Å². The van der Waals surface area contributed by atoms with E-state index in [1.165, 1.54) is 11.1 Å². The zero-order valence-electron chi connectivity index (χ0n) is 14.4.